The molecule has 114 valence electrons. The standard InChI is InChI=1S/C15H21N3O2S/c1-2-10-6-8-15(9-7-10,14(16)21)18-13(20)11-4-3-5-12(19)17-11/h3-5,10H,2,6-9H2,1H3,(H2,16,21)(H,17,19)(H,18,20). The second-order valence-electron chi connectivity index (χ2n) is 5.68. The molecule has 1 amide bonds. The summed E-state index contributed by atoms with van der Waals surface area (Å²) in [5, 5.41) is 2.94. The summed E-state index contributed by atoms with van der Waals surface area (Å²) in [7, 11) is 0. The molecule has 1 aromatic heterocycles. The number of hydrogen-bond donors (Lipinski definition) is 3. The van der Waals surface area contributed by atoms with Crippen LogP contribution in [0.25, 0.3) is 0 Å². The molecule has 1 aromatic rings. The van der Waals surface area contributed by atoms with Gasteiger partial charge in [-0.15, -0.1) is 0 Å². The molecule has 0 saturated heterocycles. The SMILES string of the molecule is CCC1CCC(NC(=O)c2cccc(=O)[nH]2)(C(N)=S)CC1. The maximum Gasteiger partial charge on any atom is 0.268 e. The van der Waals surface area contributed by atoms with Crippen molar-refractivity contribution in [2.75, 3.05) is 0 Å². The highest BCUT2D eigenvalue weighted by Crippen LogP contribution is 2.34. The Bertz CT molecular complexity index is 589. The van der Waals surface area contributed by atoms with Gasteiger partial charge in [0.2, 0.25) is 5.56 Å². The highest BCUT2D eigenvalue weighted by molar-refractivity contribution is 7.80. The lowest BCUT2D eigenvalue weighted by atomic mass is 9.75. The fourth-order valence-corrected chi connectivity index (χ4v) is 3.13. The third-order valence-corrected chi connectivity index (χ3v) is 4.76. The van der Waals surface area contributed by atoms with Crippen LogP contribution in [0.1, 0.15) is 49.5 Å². The molecular formula is C15H21N3O2S. The Morgan fingerprint density at radius 2 is 2.14 bits per heavy atom. The highest BCUT2D eigenvalue weighted by atomic mass is 32.1. The summed E-state index contributed by atoms with van der Waals surface area (Å²) < 4.78 is 0. The predicted octanol–water partition coefficient (Wildman–Crippen LogP) is 1.73. The van der Waals surface area contributed by atoms with Crippen LogP contribution in [0.5, 0.6) is 0 Å². The van der Waals surface area contributed by atoms with Gasteiger partial charge in [-0.3, -0.25) is 9.59 Å². The number of thiocarbonyl (C=S) groups is 1. The van der Waals surface area contributed by atoms with Crippen LogP contribution >= 0.6 is 12.2 Å². The lowest BCUT2D eigenvalue weighted by molar-refractivity contribution is 0.0893. The molecule has 0 aliphatic heterocycles. The van der Waals surface area contributed by atoms with Crippen LogP contribution in [-0.2, 0) is 0 Å². The molecule has 1 heterocycles. The first kappa shape index (κ1) is 15.7. The van der Waals surface area contributed by atoms with Gasteiger partial charge in [0.1, 0.15) is 5.69 Å². The summed E-state index contributed by atoms with van der Waals surface area (Å²) in [5.41, 5.74) is 5.18. The van der Waals surface area contributed by atoms with E-state index in [2.05, 4.69) is 17.2 Å². The average Bonchev–Trinajstić information content (AvgIpc) is 2.47. The summed E-state index contributed by atoms with van der Waals surface area (Å²) in [5.74, 6) is 0.330. The van der Waals surface area contributed by atoms with E-state index in [1.54, 1.807) is 12.1 Å². The number of H-pyrrole nitrogens is 1. The van der Waals surface area contributed by atoms with Gasteiger partial charge in [-0.05, 0) is 37.7 Å². The molecule has 5 nitrogen and oxygen atoms in total. The quantitative estimate of drug-likeness (QED) is 0.739. The zero-order valence-corrected chi connectivity index (χ0v) is 13.0. The number of carbonyl (C=O) groups excluding carboxylic acids is 1. The Balaban J connectivity index is 2.16. The van der Waals surface area contributed by atoms with Crippen LogP contribution in [0, 0.1) is 5.92 Å². The predicted molar refractivity (Wildman–Crippen MR) is 86.3 cm³/mol. The van der Waals surface area contributed by atoms with Crippen molar-refractivity contribution in [3.05, 3.63) is 34.2 Å². The number of nitrogens with one attached hydrogen (secondary N) is 2. The largest absolute Gasteiger partial charge is 0.391 e. The van der Waals surface area contributed by atoms with Gasteiger partial charge < -0.3 is 16.0 Å². The van der Waals surface area contributed by atoms with E-state index in [1.165, 1.54) is 6.07 Å². The lowest BCUT2D eigenvalue weighted by Crippen LogP contribution is -2.58. The molecule has 1 fully saturated rings. The van der Waals surface area contributed by atoms with Crippen molar-refractivity contribution in [1.29, 1.82) is 0 Å². The number of rotatable bonds is 4. The van der Waals surface area contributed by atoms with E-state index in [1.807, 2.05) is 0 Å². The zero-order valence-electron chi connectivity index (χ0n) is 12.1. The van der Waals surface area contributed by atoms with Crippen LogP contribution < -0.4 is 16.6 Å². The number of carbonyl (C=O) groups is 1. The summed E-state index contributed by atoms with van der Waals surface area (Å²) >= 11 is 5.19. The van der Waals surface area contributed by atoms with Crippen LogP contribution in [0.2, 0.25) is 0 Å². The van der Waals surface area contributed by atoms with Crippen molar-refractivity contribution in [1.82, 2.24) is 10.3 Å². The molecule has 1 aliphatic rings. The number of pyridine rings is 1. The Hall–Kier alpha value is -1.69. The number of amides is 1. The molecular weight excluding hydrogens is 286 g/mol. The molecule has 1 aliphatic carbocycles. The third kappa shape index (κ3) is 3.50. The molecule has 1 saturated carbocycles. The second-order valence-corrected chi connectivity index (χ2v) is 6.12. The maximum atomic E-state index is 12.3. The van der Waals surface area contributed by atoms with Crippen molar-refractivity contribution in [2.24, 2.45) is 11.7 Å². The van der Waals surface area contributed by atoms with Gasteiger partial charge in [-0.25, -0.2) is 0 Å². The first-order valence-electron chi connectivity index (χ1n) is 7.28. The Labute approximate surface area is 129 Å². The van der Waals surface area contributed by atoms with Crippen molar-refractivity contribution < 1.29 is 4.79 Å². The van der Waals surface area contributed by atoms with Crippen molar-refractivity contribution in [2.45, 2.75) is 44.6 Å². The van der Waals surface area contributed by atoms with Crippen LogP contribution in [0.3, 0.4) is 0 Å². The topological polar surface area (TPSA) is 88.0 Å². The van der Waals surface area contributed by atoms with Gasteiger partial charge in [0.15, 0.2) is 0 Å². The van der Waals surface area contributed by atoms with Crippen molar-refractivity contribution >= 4 is 23.1 Å². The van der Waals surface area contributed by atoms with Crippen molar-refractivity contribution in [3.8, 4) is 0 Å². The molecule has 0 unspecified atom stereocenters. The van der Waals surface area contributed by atoms with E-state index in [0.29, 0.717) is 10.9 Å². The van der Waals surface area contributed by atoms with Gasteiger partial charge in [0, 0.05) is 6.07 Å². The van der Waals surface area contributed by atoms with E-state index in [9.17, 15) is 9.59 Å². The first-order chi connectivity index (χ1) is 9.97. The average molecular weight is 307 g/mol. The van der Waals surface area contributed by atoms with E-state index < -0.39 is 5.54 Å². The molecule has 6 heteroatoms. The van der Waals surface area contributed by atoms with E-state index in [-0.39, 0.29) is 17.2 Å². The smallest absolute Gasteiger partial charge is 0.268 e. The Morgan fingerprint density at radius 1 is 1.48 bits per heavy atom. The summed E-state index contributed by atoms with van der Waals surface area (Å²) in [6, 6.07) is 4.49. The minimum absolute atomic E-state index is 0.232. The minimum Gasteiger partial charge on any atom is -0.391 e. The van der Waals surface area contributed by atoms with E-state index in [4.69, 9.17) is 18.0 Å². The zero-order chi connectivity index (χ0) is 15.5. The minimum atomic E-state index is -0.634. The lowest BCUT2D eigenvalue weighted by Gasteiger charge is -2.39. The first-order valence-corrected chi connectivity index (χ1v) is 7.69. The van der Waals surface area contributed by atoms with Gasteiger partial charge in [0.05, 0.1) is 10.5 Å². The number of aromatic nitrogens is 1. The molecule has 0 atom stereocenters. The molecule has 0 bridgehead atoms. The molecule has 4 N–H and O–H groups in total. The fraction of sp³-hybridized carbons (Fsp3) is 0.533. The van der Waals surface area contributed by atoms with Gasteiger partial charge in [0.25, 0.3) is 5.91 Å². The van der Waals surface area contributed by atoms with Gasteiger partial charge >= 0.3 is 0 Å². The van der Waals surface area contributed by atoms with Crippen LogP contribution in [0.4, 0.5) is 0 Å². The molecule has 0 aromatic carbocycles. The monoisotopic (exact) mass is 307 g/mol. The fourth-order valence-electron chi connectivity index (χ4n) is 2.88. The number of aromatic amines is 1. The van der Waals surface area contributed by atoms with Gasteiger partial charge in [-0.2, -0.15) is 0 Å². The molecule has 2 rings (SSSR count). The highest BCUT2D eigenvalue weighted by Gasteiger charge is 2.39. The molecule has 0 spiro atoms. The second kappa shape index (κ2) is 6.39. The number of hydrogen-bond acceptors (Lipinski definition) is 3. The Morgan fingerprint density at radius 3 is 2.67 bits per heavy atom. The van der Waals surface area contributed by atoms with Crippen LogP contribution in [0.15, 0.2) is 23.0 Å². The molecule has 21 heavy (non-hydrogen) atoms. The van der Waals surface area contributed by atoms with Crippen LogP contribution in [-0.4, -0.2) is 21.4 Å². The maximum absolute atomic E-state index is 12.3. The molecule has 0 radical (unpaired) electrons. The summed E-state index contributed by atoms with van der Waals surface area (Å²) in [6.45, 7) is 2.17. The Kier molecular flexibility index (Phi) is 4.77. The van der Waals surface area contributed by atoms with Gasteiger partial charge in [-0.1, -0.05) is 31.6 Å². The van der Waals surface area contributed by atoms with E-state index >= 15 is 0 Å². The third-order valence-electron chi connectivity index (χ3n) is 4.37. The summed E-state index contributed by atoms with van der Waals surface area (Å²) in [6.07, 6.45) is 4.64. The number of nitrogens with two attached hydrogens (primary N) is 1. The summed E-state index contributed by atoms with van der Waals surface area (Å²) in [4.78, 5) is 26.5. The van der Waals surface area contributed by atoms with E-state index in [0.717, 1.165) is 32.1 Å². The van der Waals surface area contributed by atoms with Crippen molar-refractivity contribution in [3.63, 3.8) is 0 Å². The normalized spacial score (nSPS) is 25.3.